The fourth-order valence-corrected chi connectivity index (χ4v) is 1.13. The summed E-state index contributed by atoms with van der Waals surface area (Å²) in [6.45, 7) is 5.81. The van der Waals surface area contributed by atoms with E-state index in [1.54, 1.807) is 4.90 Å². The van der Waals surface area contributed by atoms with Crippen molar-refractivity contribution in [2.75, 3.05) is 32.8 Å². The molecule has 0 saturated carbocycles. The highest BCUT2D eigenvalue weighted by Crippen LogP contribution is 1.96. The highest BCUT2D eigenvalue weighted by molar-refractivity contribution is 5.67. The van der Waals surface area contributed by atoms with Crippen molar-refractivity contribution in [1.82, 2.24) is 10.2 Å². The molecule has 4 heteroatoms. The second-order valence-electron chi connectivity index (χ2n) is 2.85. The lowest BCUT2D eigenvalue weighted by atomic mass is 10.4. The molecule has 1 fully saturated rings. The second-order valence-corrected chi connectivity index (χ2v) is 2.85. The predicted octanol–water partition coefficient (Wildman–Crippen LogP) is 0.438. The van der Waals surface area contributed by atoms with E-state index in [4.69, 9.17) is 4.74 Å². The molecule has 12 heavy (non-hydrogen) atoms. The average molecular weight is 172 g/mol. The maximum atomic E-state index is 11.2. The summed E-state index contributed by atoms with van der Waals surface area (Å²) in [5.74, 6) is 0. The van der Waals surface area contributed by atoms with Crippen LogP contribution in [0.25, 0.3) is 0 Å². The Balaban J connectivity index is 2.20. The van der Waals surface area contributed by atoms with Crippen LogP contribution < -0.4 is 5.32 Å². The third kappa shape index (κ3) is 2.70. The van der Waals surface area contributed by atoms with E-state index in [0.717, 1.165) is 32.6 Å². The summed E-state index contributed by atoms with van der Waals surface area (Å²) in [4.78, 5) is 13.0. The molecule has 1 heterocycles. The van der Waals surface area contributed by atoms with Gasteiger partial charge in [-0.25, -0.2) is 4.79 Å². The van der Waals surface area contributed by atoms with Crippen molar-refractivity contribution in [3.05, 3.63) is 0 Å². The van der Waals surface area contributed by atoms with Gasteiger partial charge in [-0.3, -0.25) is 0 Å². The third-order valence-corrected chi connectivity index (χ3v) is 1.80. The number of nitrogens with one attached hydrogen (secondary N) is 1. The summed E-state index contributed by atoms with van der Waals surface area (Å²) in [5.41, 5.74) is 0. The number of carbonyl (C=O) groups excluding carboxylic acids is 1. The van der Waals surface area contributed by atoms with Crippen molar-refractivity contribution in [2.45, 2.75) is 13.3 Å². The van der Waals surface area contributed by atoms with Crippen molar-refractivity contribution in [2.24, 2.45) is 0 Å². The smallest absolute Gasteiger partial charge is 0.409 e. The number of hydrogen-bond acceptors (Lipinski definition) is 3. The van der Waals surface area contributed by atoms with Crippen molar-refractivity contribution >= 4 is 6.09 Å². The van der Waals surface area contributed by atoms with E-state index < -0.39 is 0 Å². The topological polar surface area (TPSA) is 41.6 Å². The van der Waals surface area contributed by atoms with Crippen LogP contribution in [0, 0.1) is 0 Å². The van der Waals surface area contributed by atoms with Gasteiger partial charge in [0.25, 0.3) is 0 Å². The molecule has 0 atom stereocenters. The first-order chi connectivity index (χ1) is 5.84. The number of hydrogen-bond donors (Lipinski definition) is 1. The predicted molar refractivity (Wildman–Crippen MR) is 46.1 cm³/mol. The normalized spacial score (nSPS) is 17.6. The maximum Gasteiger partial charge on any atom is 0.409 e. The largest absolute Gasteiger partial charge is 0.449 e. The van der Waals surface area contributed by atoms with Crippen molar-refractivity contribution in [1.29, 1.82) is 0 Å². The van der Waals surface area contributed by atoms with E-state index >= 15 is 0 Å². The van der Waals surface area contributed by atoms with E-state index in [1.807, 2.05) is 6.92 Å². The second kappa shape index (κ2) is 4.98. The lowest BCUT2D eigenvalue weighted by Gasteiger charge is -2.26. The van der Waals surface area contributed by atoms with Crippen LogP contribution >= 0.6 is 0 Å². The van der Waals surface area contributed by atoms with Gasteiger partial charge in [0.1, 0.15) is 0 Å². The zero-order valence-corrected chi connectivity index (χ0v) is 7.51. The molecular formula is C8H16N2O2. The van der Waals surface area contributed by atoms with E-state index in [1.165, 1.54) is 0 Å². The molecule has 0 aromatic rings. The molecule has 0 spiro atoms. The van der Waals surface area contributed by atoms with Crippen LogP contribution in [0.3, 0.4) is 0 Å². The molecule has 1 aliphatic rings. The summed E-state index contributed by atoms with van der Waals surface area (Å²) in [6, 6.07) is 0. The van der Waals surface area contributed by atoms with E-state index in [-0.39, 0.29) is 6.09 Å². The molecule has 0 unspecified atom stereocenters. The first-order valence-corrected chi connectivity index (χ1v) is 4.47. The maximum absolute atomic E-state index is 11.2. The third-order valence-electron chi connectivity index (χ3n) is 1.80. The monoisotopic (exact) mass is 172 g/mol. The molecule has 1 N–H and O–H groups in total. The lowest BCUT2D eigenvalue weighted by molar-refractivity contribution is 0.0978. The van der Waals surface area contributed by atoms with Gasteiger partial charge in [0.2, 0.25) is 0 Å². The zero-order chi connectivity index (χ0) is 8.81. The van der Waals surface area contributed by atoms with Crippen molar-refractivity contribution < 1.29 is 9.53 Å². The number of piperazine rings is 1. The van der Waals surface area contributed by atoms with Crippen LogP contribution in [0.5, 0.6) is 0 Å². The number of carbonyl (C=O) groups is 1. The minimum Gasteiger partial charge on any atom is -0.449 e. The Morgan fingerprint density at radius 1 is 1.50 bits per heavy atom. The van der Waals surface area contributed by atoms with Gasteiger partial charge in [-0.05, 0) is 6.42 Å². The van der Waals surface area contributed by atoms with Gasteiger partial charge in [0, 0.05) is 26.2 Å². The van der Waals surface area contributed by atoms with Crippen LogP contribution in [-0.2, 0) is 4.74 Å². The van der Waals surface area contributed by atoms with Crippen LogP contribution in [0.15, 0.2) is 0 Å². The first kappa shape index (κ1) is 9.32. The molecule has 0 aromatic heterocycles. The Morgan fingerprint density at radius 3 is 2.75 bits per heavy atom. The molecule has 0 radical (unpaired) electrons. The van der Waals surface area contributed by atoms with Gasteiger partial charge in [0.05, 0.1) is 6.61 Å². The quantitative estimate of drug-likeness (QED) is 0.657. The average Bonchev–Trinajstić information content (AvgIpc) is 2.15. The summed E-state index contributed by atoms with van der Waals surface area (Å²) in [7, 11) is 0. The molecule has 1 saturated heterocycles. The Labute approximate surface area is 72.9 Å². The number of ether oxygens (including phenoxy) is 1. The summed E-state index contributed by atoms with van der Waals surface area (Å²) in [6.07, 6.45) is 0.719. The van der Waals surface area contributed by atoms with Crippen molar-refractivity contribution in [3.8, 4) is 0 Å². The van der Waals surface area contributed by atoms with Gasteiger partial charge < -0.3 is 15.0 Å². The molecule has 1 amide bonds. The SMILES string of the molecule is CCCOC(=O)N1CCNCC1. The highest BCUT2D eigenvalue weighted by atomic mass is 16.6. The van der Waals surface area contributed by atoms with Crippen LogP contribution in [0.4, 0.5) is 4.79 Å². The molecule has 0 bridgehead atoms. The van der Waals surface area contributed by atoms with Gasteiger partial charge in [-0.2, -0.15) is 0 Å². The lowest BCUT2D eigenvalue weighted by Crippen LogP contribution is -2.46. The fourth-order valence-electron chi connectivity index (χ4n) is 1.13. The Kier molecular flexibility index (Phi) is 3.87. The minimum atomic E-state index is -0.168. The summed E-state index contributed by atoms with van der Waals surface area (Å²) < 4.78 is 4.99. The molecule has 0 aromatic carbocycles. The van der Waals surface area contributed by atoms with Crippen LogP contribution in [0.2, 0.25) is 0 Å². The molecule has 1 rings (SSSR count). The molecule has 4 nitrogen and oxygen atoms in total. The van der Waals surface area contributed by atoms with E-state index in [9.17, 15) is 4.79 Å². The first-order valence-electron chi connectivity index (χ1n) is 4.47. The van der Waals surface area contributed by atoms with Crippen LogP contribution in [-0.4, -0.2) is 43.8 Å². The Morgan fingerprint density at radius 2 is 2.17 bits per heavy atom. The fraction of sp³-hybridized carbons (Fsp3) is 0.875. The summed E-state index contributed by atoms with van der Waals surface area (Å²) in [5, 5.41) is 3.18. The standard InChI is InChI=1S/C8H16N2O2/c1-2-7-12-8(11)10-5-3-9-4-6-10/h9H,2-7H2,1H3. The van der Waals surface area contributed by atoms with E-state index in [0.29, 0.717) is 6.61 Å². The molecule has 0 aliphatic carbocycles. The minimum absolute atomic E-state index is 0.168. The van der Waals surface area contributed by atoms with Crippen LogP contribution in [0.1, 0.15) is 13.3 Å². The van der Waals surface area contributed by atoms with Gasteiger partial charge in [-0.15, -0.1) is 0 Å². The van der Waals surface area contributed by atoms with E-state index in [2.05, 4.69) is 5.32 Å². The molecule has 70 valence electrons. The van der Waals surface area contributed by atoms with Gasteiger partial charge in [0.15, 0.2) is 0 Å². The molecule has 1 aliphatic heterocycles. The highest BCUT2D eigenvalue weighted by Gasteiger charge is 2.16. The Hall–Kier alpha value is -0.770. The van der Waals surface area contributed by atoms with Gasteiger partial charge in [-0.1, -0.05) is 6.92 Å². The summed E-state index contributed by atoms with van der Waals surface area (Å²) >= 11 is 0. The number of amides is 1. The molecular weight excluding hydrogens is 156 g/mol. The zero-order valence-electron chi connectivity index (χ0n) is 7.51. The van der Waals surface area contributed by atoms with Crippen molar-refractivity contribution in [3.63, 3.8) is 0 Å². The van der Waals surface area contributed by atoms with Gasteiger partial charge >= 0.3 is 6.09 Å². The Bertz CT molecular complexity index is 144. The number of nitrogens with zero attached hydrogens (tertiary/aromatic N) is 1. The number of rotatable bonds is 2.